The van der Waals surface area contributed by atoms with Crippen LogP contribution in [0.1, 0.15) is 12.5 Å². The largest absolute Gasteiger partial charge is 0.464 e. The number of hydrogen-bond acceptors (Lipinski definition) is 5. The van der Waals surface area contributed by atoms with E-state index in [1.54, 1.807) is 6.92 Å². The number of hydrogen-bond donors (Lipinski definition) is 0. The van der Waals surface area contributed by atoms with Crippen LogP contribution < -0.4 is 0 Å². The predicted molar refractivity (Wildman–Crippen MR) is 75.4 cm³/mol. The van der Waals surface area contributed by atoms with Gasteiger partial charge in [0, 0.05) is 16.7 Å². The van der Waals surface area contributed by atoms with E-state index in [9.17, 15) is 14.9 Å². The lowest BCUT2D eigenvalue weighted by molar-refractivity contribution is -0.385. The number of benzene rings is 1. The fourth-order valence-electron chi connectivity index (χ4n) is 1.79. The Kier molecular flexibility index (Phi) is 4.42. The lowest BCUT2D eigenvalue weighted by Gasteiger charge is -2.12. The average Bonchev–Trinajstić information content (AvgIpc) is 2.47. The van der Waals surface area contributed by atoms with E-state index in [0.717, 1.165) is 0 Å². The second-order valence-corrected chi connectivity index (χ2v) is 4.38. The smallest absolute Gasteiger partial charge is 0.346 e. The van der Waals surface area contributed by atoms with Crippen molar-refractivity contribution >= 4 is 28.8 Å². The minimum atomic E-state index is -0.641. The molecule has 0 aromatic heterocycles. The van der Waals surface area contributed by atoms with Crippen LogP contribution in [-0.4, -0.2) is 17.5 Å². The molecule has 1 heterocycles. The molecule has 6 nitrogen and oxygen atoms in total. The standard InChI is InChI=1S/C14H10ClNO5/c1-2-21-14(17)10-5-6-20-8-12(10)11-7-9(15)3-4-13(11)16(18)19/h3-4,6-8H,2H2,1H3. The molecule has 0 saturated heterocycles. The van der Waals surface area contributed by atoms with Crippen LogP contribution in [0.2, 0.25) is 5.02 Å². The molecule has 0 fully saturated rings. The van der Waals surface area contributed by atoms with Gasteiger partial charge in [0.25, 0.3) is 5.69 Å². The van der Waals surface area contributed by atoms with Crippen LogP contribution in [-0.2, 0) is 14.3 Å². The van der Waals surface area contributed by atoms with Gasteiger partial charge < -0.3 is 9.47 Å². The molecule has 1 aromatic carbocycles. The average molecular weight is 308 g/mol. The van der Waals surface area contributed by atoms with Crippen molar-refractivity contribution in [1.29, 1.82) is 0 Å². The van der Waals surface area contributed by atoms with Gasteiger partial charge in [0.2, 0.25) is 0 Å². The van der Waals surface area contributed by atoms with Crippen molar-refractivity contribution in [2.75, 3.05) is 6.61 Å². The Morgan fingerprint density at radius 2 is 2.29 bits per heavy atom. The van der Waals surface area contributed by atoms with Crippen molar-refractivity contribution in [2.45, 2.75) is 6.92 Å². The van der Waals surface area contributed by atoms with Gasteiger partial charge in [-0.2, -0.15) is 0 Å². The molecule has 1 aliphatic rings. The maximum Gasteiger partial charge on any atom is 0.346 e. The molecule has 7 heteroatoms. The van der Waals surface area contributed by atoms with Crippen molar-refractivity contribution in [3.05, 3.63) is 62.7 Å². The summed E-state index contributed by atoms with van der Waals surface area (Å²) in [5, 5.41) is 11.4. The molecule has 0 radical (unpaired) electrons. The number of carbonyl (C=O) groups is 1. The van der Waals surface area contributed by atoms with Crippen LogP contribution in [0.3, 0.4) is 0 Å². The Hall–Kier alpha value is -2.56. The molecule has 2 rings (SSSR count). The highest BCUT2D eigenvalue weighted by Crippen LogP contribution is 2.34. The van der Waals surface area contributed by atoms with Crippen molar-refractivity contribution in [3.8, 4) is 0 Å². The molecule has 108 valence electrons. The Morgan fingerprint density at radius 1 is 1.52 bits per heavy atom. The molecule has 0 N–H and O–H groups in total. The summed E-state index contributed by atoms with van der Waals surface area (Å²) in [4.78, 5) is 22.5. The van der Waals surface area contributed by atoms with E-state index in [0.29, 0.717) is 5.02 Å². The zero-order valence-electron chi connectivity index (χ0n) is 11.0. The van der Waals surface area contributed by atoms with Gasteiger partial charge in [-0.3, -0.25) is 10.1 Å². The molecule has 21 heavy (non-hydrogen) atoms. The first-order valence-electron chi connectivity index (χ1n) is 5.97. The van der Waals surface area contributed by atoms with Gasteiger partial charge in [-0.15, -0.1) is 0 Å². The summed E-state index contributed by atoms with van der Waals surface area (Å²) in [6.45, 7) is 1.84. The summed E-state index contributed by atoms with van der Waals surface area (Å²) in [5.41, 5.74) is 2.82. The van der Waals surface area contributed by atoms with E-state index < -0.39 is 10.9 Å². The summed E-state index contributed by atoms with van der Waals surface area (Å²) < 4.78 is 9.88. The normalized spacial score (nSPS) is 13.0. The highest BCUT2D eigenvalue weighted by atomic mass is 35.5. The molecule has 1 aliphatic heterocycles. The predicted octanol–water partition coefficient (Wildman–Crippen LogP) is 3.22. The number of ether oxygens (including phenoxy) is 2. The second kappa shape index (κ2) is 6.26. The van der Waals surface area contributed by atoms with E-state index in [-0.39, 0.29) is 29.0 Å². The van der Waals surface area contributed by atoms with Crippen LogP contribution in [0.5, 0.6) is 0 Å². The molecule has 0 spiro atoms. The van der Waals surface area contributed by atoms with Crippen molar-refractivity contribution < 1.29 is 19.2 Å². The minimum absolute atomic E-state index is 0.0495. The third-order valence-corrected chi connectivity index (χ3v) is 2.89. The maximum absolute atomic E-state index is 11.9. The van der Waals surface area contributed by atoms with Crippen LogP contribution >= 0.6 is 11.6 Å². The summed E-state index contributed by atoms with van der Waals surface area (Å²) >= 11 is 5.88. The number of rotatable bonds is 4. The van der Waals surface area contributed by atoms with Gasteiger partial charge in [-0.25, -0.2) is 4.79 Å². The summed E-state index contributed by atoms with van der Waals surface area (Å²) in [5.74, 6) is -0.641. The van der Waals surface area contributed by atoms with Gasteiger partial charge in [-0.1, -0.05) is 17.3 Å². The molecule has 0 amide bonds. The lowest BCUT2D eigenvalue weighted by atomic mass is 9.97. The molecule has 0 bridgehead atoms. The number of esters is 1. The SMILES string of the molecule is CCOC(=O)C1=C=COC=C1c1cc(Cl)ccc1[N+](=O)[O-]. The fraction of sp³-hybridized carbons (Fsp3) is 0.143. The summed E-state index contributed by atoms with van der Waals surface area (Å²) in [6, 6.07) is 4.05. The maximum atomic E-state index is 11.9. The van der Waals surface area contributed by atoms with E-state index in [2.05, 4.69) is 5.73 Å². The molecule has 0 aliphatic carbocycles. The topological polar surface area (TPSA) is 78.7 Å². The number of halogens is 1. The van der Waals surface area contributed by atoms with E-state index in [4.69, 9.17) is 21.1 Å². The zero-order valence-corrected chi connectivity index (χ0v) is 11.7. The first-order chi connectivity index (χ1) is 10.0. The van der Waals surface area contributed by atoms with Crippen LogP contribution in [0, 0.1) is 10.1 Å². The van der Waals surface area contributed by atoms with E-state index in [1.165, 1.54) is 30.7 Å². The van der Waals surface area contributed by atoms with E-state index in [1.807, 2.05) is 0 Å². The number of carbonyl (C=O) groups excluding carboxylic acids is 1. The van der Waals surface area contributed by atoms with Crippen LogP contribution in [0.25, 0.3) is 5.57 Å². The molecular formula is C14H10ClNO5. The minimum Gasteiger partial charge on any atom is -0.464 e. The quantitative estimate of drug-likeness (QED) is 0.369. The van der Waals surface area contributed by atoms with Gasteiger partial charge in [0.15, 0.2) is 0 Å². The van der Waals surface area contributed by atoms with Crippen LogP contribution in [0.4, 0.5) is 5.69 Å². The fourth-order valence-corrected chi connectivity index (χ4v) is 1.96. The third-order valence-electron chi connectivity index (χ3n) is 2.65. The zero-order chi connectivity index (χ0) is 15.4. The Balaban J connectivity index is 2.55. The first kappa shape index (κ1) is 14.8. The highest BCUT2D eigenvalue weighted by molar-refractivity contribution is 6.31. The molecule has 0 atom stereocenters. The summed E-state index contributed by atoms with van der Waals surface area (Å²) in [7, 11) is 0. The first-order valence-corrected chi connectivity index (χ1v) is 6.35. The molecule has 1 aromatic rings. The molecular weight excluding hydrogens is 298 g/mol. The summed E-state index contributed by atoms with van der Waals surface area (Å²) in [6.07, 6.45) is 2.40. The number of nitro benzene ring substituents is 1. The number of nitrogens with zero attached hydrogens (tertiary/aromatic N) is 1. The van der Waals surface area contributed by atoms with E-state index >= 15 is 0 Å². The van der Waals surface area contributed by atoms with Crippen molar-refractivity contribution in [2.24, 2.45) is 0 Å². The van der Waals surface area contributed by atoms with Gasteiger partial charge in [-0.05, 0) is 19.1 Å². The Labute approximate surface area is 125 Å². The molecule has 0 unspecified atom stereocenters. The molecule has 0 saturated carbocycles. The van der Waals surface area contributed by atoms with Gasteiger partial charge >= 0.3 is 5.97 Å². The third kappa shape index (κ3) is 3.13. The Bertz CT molecular complexity index is 701. The lowest BCUT2D eigenvalue weighted by Crippen LogP contribution is -2.11. The van der Waals surface area contributed by atoms with Crippen LogP contribution in [0.15, 0.2) is 42.0 Å². The number of nitro groups is 1. The highest BCUT2D eigenvalue weighted by Gasteiger charge is 2.26. The van der Waals surface area contributed by atoms with Gasteiger partial charge in [0.05, 0.1) is 17.1 Å². The van der Waals surface area contributed by atoms with Crippen molar-refractivity contribution in [3.63, 3.8) is 0 Å². The van der Waals surface area contributed by atoms with Gasteiger partial charge in [0.1, 0.15) is 18.1 Å². The monoisotopic (exact) mass is 307 g/mol. The Morgan fingerprint density at radius 3 is 2.95 bits per heavy atom. The second-order valence-electron chi connectivity index (χ2n) is 3.94. The van der Waals surface area contributed by atoms with Crippen molar-refractivity contribution in [1.82, 2.24) is 0 Å².